The van der Waals surface area contributed by atoms with Gasteiger partial charge in [0.05, 0.1) is 12.5 Å². The predicted molar refractivity (Wildman–Crippen MR) is 88.7 cm³/mol. The Hall–Kier alpha value is -2.04. The molecule has 1 aliphatic rings. The van der Waals surface area contributed by atoms with Gasteiger partial charge in [0.15, 0.2) is 0 Å². The first-order chi connectivity index (χ1) is 11.0. The Kier molecular flexibility index (Phi) is 5.64. The molecule has 0 spiro atoms. The van der Waals surface area contributed by atoms with Crippen LogP contribution in [0.3, 0.4) is 0 Å². The minimum absolute atomic E-state index is 0.0355. The van der Waals surface area contributed by atoms with Gasteiger partial charge in [-0.1, -0.05) is 25.7 Å². The number of carbonyl (C=O) groups excluding carboxylic acids is 1. The maximum atomic E-state index is 12.4. The van der Waals surface area contributed by atoms with Gasteiger partial charge < -0.3 is 15.2 Å². The number of aliphatic carboxylic acids is 1. The van der Waals surface area contributed by atoms with Gasteiger partial charge >= 0.3 is 5.97 Å². The summed E-state index contributed by atoms with van der Waals surface area (Å²) >= 11 is 0. The van der Waals surface area contributed by atoms with E-state index in [9.17, 15) is 14.7 Å². The molecule has 0 aromatic heterocycles. The van der Waals surface area contributed by atoms with Crippen molar-refractivity contribution in [2.75, 3.05) is 12.4 Å². The number of methoxy groups -OCH3 is 1. The summed E-state index contributed by atoms with van der Waals surface area (Å²) in [7, 11) is 1.59. The average molecular weight is 319 g/mol. The highest BCUT2D eigenvalue weighted by atomic mass is 16.5. The van der Waals surface area contributed by atoms with E-state index in [0.29, 0.717) is 18.5 Å². The fourth-order valence-electron chi connectivity index (χ4n) is 3.28. The van der Waals surface area contributed by atoms with Gasteiger partial charge in [-0.2, -0.15) is 0 Å². The Bertz CT molecular complexity index is 574. The molecule has 1 fully saturated rings. The third-order valence-corrected chi connectivity index (χ3v) is 4.72. The fraction of sp³-hybridized carbons (Fsp3) is 0.556. The Morgan fingerprint density at radius 1 is 1.22 bits per heavy atom. The van der Waals surface area contributed by atoms with Crippen molar-refractivity contribution >= 4 is 17.6 Å². The van der Waals surface area contributed by atoms with Crippen LogP contribution in [0.5, 0.6) is 5.75 Å². The number of amides is 1. The second-order valence-corrected chi connectivity index (χ2v) is 6.41. The van der Waals surface area contributed by atoms with Gasteiger partial charge in [-0.25, -0.2) is 0 Å². The van der Waals surface area contributed by atoms with Crippen LogP contribution >= 0.6 is 0 Å². The third-order valence-electron chi connectivity index (χ3n) is 4.72. The molecule has 0 bridgehead atoms. The van der Waals surface area contributed by atoms with Crippen LogP contribution in [0.25, 0.3) is 0 Å². The van der Waals surface area contributed by atoms with Gasteiger partial charge in [0.1, 0.15) is 5.75 Å². The largest absolute Gasteiger partial charge is 0.497 e. The number of ether oxygens (including phenoxy) is 1. The van der Waals surface area contributed by atoms with Crippen molar-refractivity contribution in [3.63, 3.8) is 0 Å². The van der Waals surface area contributed by atoms with Crippen molar-refractivity contribution in [2.45, 2.75) is 51.9 Å². The molecular formula is C18H25NO4. The lowest BCUT2D eigenvalue weighted by Gasteiger charge is -2.27. The zero-order chi connectivity index (χ0) is 16.9. The van der Waals surface area contributed by atoms with Gasteiger partial charge in [-0.3, -0.25) is 9.59 Å². The average Bonchev–Trinajstić information content (AvgIpc) is 2.75. The molecule has 2 N–H and O–H groups in total. The molecule has 0 heterocycles. The number of carboxylic acid groups (broad SMARTS) is 1. The van der Waals surface area contributed by atoms with Gasteiger partial charge in [0.2, 0.25) is 5.91 Å². The van der Waals surface area contributed by atoms with Crippen LogP contribution in [0.1, 0.15) is 50.5 Å². The summed E-state index contributed by atoms with van der Waals surface area (Å²) in [5.41, 5.74) is 0.675. The van der Waals surface area contributed by atoms with Crippen molar-refractivity contribution in [3.8, 4) is 5.75 Å². The summed E-state index contributed by atoms with van der Waals surface area (Å²) < 4.78 is 5.15. The maximum absolute atomic E-state index is 12.4. The molecule has 126 valence electrons. The summed E-state index contributed by atoms with van der Waals surface area (Å²) in [5, 5.41) is 12.5. The first-order valence-electron chi connectivity index (χ1n) is 8.15. The van der Waals surface area contributed by atoms with Crippen LogP contribution in [-0.2, 0) is 9.59 Å². The highest BCUT2D eigenvalue weighted by molar-refractivity contribution is 5.94. The number of carboxylic acids is 1. The van der Waals surface area contributed by atoms with Crippen LogP contribution in [0.4, 0.5) is 5.69 Å². The number of hydrogen-bond donors (Lipinski definition) is 2. The standard InChI is InChI=1S/C18H25NO4/c1-13-11-14(23-2)7-8-15(13)19-16(20)12-18(17(21)22)9-5-3-4-6-10-18/h7-8,11H,3-6,9-10,12H2,1-2H3,(H,19,20)(H,21,22). The summed E-state index contributed by atoms with van der Waals surface area (Å²) in [6.45, 7) is 1.89. The molecule has 1 aromatic rings. The van der Waals surface area contributed by atoms with E-state index in [0.717, 1.165) is 37.0 Å². The summed E-state index contributed by atoms with van der Waals surface area (Å²) in [6, 6.07) is 5.40. The molecule has 2 rings (SSSR count). The zero-order valence-corrected chi connectivity index (χ0v) is 13.9. The molecule has 23 heavy (non-hydrogen) atoms. The monoisotopic (exact) mass is 319 g/mol. The SMILES string of the molecule is COc1ccc(NC(=O)CC2(C(=O)O)CCCCCC2)c(C)c1. The zero-order valence-electron chi connectivity index (χ0n) is 13.9. The molecular weight excluding hydrogens is 294 g/mol. The number of hydrogen-bond acceptors (Lipinski definition) is 3. The highest BCUT2D eigenvalue weighted by Crippen LogP contribution is 2.38. The topological polar surface area (TPSA) is 75.6 Å². The molecule has 0 radical (unpaired) electrons. The molecule has 5 nitrogen and oxygen atoms in total. The van der Waals surface area contributed by atoms with E-state index in [1.807, 2.05) is 13.0 Å². The van der Waals surface area contributed by atoms with Crippen LogP contribution in [0.15, 0.2) is 18.2 Å². The van der Waals surface area contributed by atoms with E-state index in [1.54, 1.807) is 19.2 Å². The van der Waals surface area contributed by atoms with Crippen molar-refractivity contribution in [2.24, 2.45) is 5.41 Å². The molecule has 1 amide bonds. The molecule has 1 aromatic carbocycles. The van der Waals surface area contributed by atoms with Crippen molar-refractivity contribution in [1.82, 2.24) is 0 Å². The van der Waals surface area contributed by atoms with Crippen molar-refractivity contribution in [3.05, 3.63) is 23.8 Å². The van der Waals surface area contributed by atoms with Crippen molar-refractivity contribution in [1.29, 1.82) is 0 Å². The molecule has 0 aliphatic heterocycles. The molecule has 1 aliphatic carbocycles. The molecule has 0 atom stereocenters. The molecule has 0 saturated heterocycles. The van der Waals surface area contributed by atoms with Crippen LogP contribution in [0.2, 0.25) is 0 Å². The number of nitrogens with one attached hydrogen (secondary N) is 1. The summed E-state index contributed by atoms with van der Waals surface area (Å²) in [6.07, 6.45) is 5.05. The number of anilines is 1. The van der Waals surface area contributed by atoms with E-state index in [4.69, 9.17) is 4.74 Å². The van der Waals surface area contributed by atoms with Gasteiger partial charge in [0.25, 0.3) is 0 Å². The van der Waals surface area contributed by atoms with Crippen molar-refractivity contribution < 1.29 is 19.4 Å². The lowest BCUT2D eigenvalue weighted by molar-refractivity contribution is -0.152. The first kappa shape index (κ1) is 17.3. The maximum Gasteiger partial charge on any atom is 0.310 e. The Morgan fingerprint density at radius 3 is 2.39 bits per heavy atom. The smallest absolute Gasteiger partial charge is 0.310 e. The molecule has 5 heteroatoms. The second-order valence-electron chi connectivity index (χ2n) is 6.41. The normalized spacial score (nSPS) is 17.1. The Balaban J connectivity index is 2.09. The van der Waals surface area contributed by atoms with Gasteiger partial charge in [-0.05, 0) is 43.5 Å². The van der Waals surface area contributed by atoms with Gasteiger partial charge in [0, 0.05) is 12.1 Å². The minimum Gasteiger partial charge on any atom is -0.497 e. The summed E-state index contributed by atoms with van der Waals surface area (Å²) in [4.78, 5) is 24.2. The number of benzene rings is 1. The van der Waals surface area contributed by atoms with E-state index < -0.39 is 11.4 Å². The van der Waals surface area contributed by atoms with E-state index >= 15 is 0 Å². The van der Waals surface area contributed by atoms with E-state index in [1.165, 1.54) is 0 Å². The van der Waals surface area contributed by atoms with Crippen LogP contribution < -0.4 is 10.1 Å². The second kappa shape index (κ2) is 7.49. The fourth-order valence-corrected chi connectivity index (χ4v) is 3.28. The Morgan fingerprint density at radius 2 is 1.87 bits per heavy atom. The van der Waals surface area contributed by atoms with E-state index in [2.05, 4.69) is 5.32 Å². The van der Waals surface area contributed by atoms with Crippen LogP contribution in [0, 0.1) is 12.3 Å². The van der Waals surface area contributed by atoms with Crippen LogP contribution in [-0.4, -0.2) is 24.1 Å². The molecule has 1 saturated carbocycles. The number of aryl methyl sites for hydroxylation is 1. The molecule has 0 unspecified atom stereocenters. The predicted octanol–water partition coefficient (Wildman–Crippen LogP) is 3.76. The Labute approximate surface area is 137 Å². The van der Waals surface area contributed by atoms with E-state index in [-0.39, 0.29) is 12.3 Å². The number of carbonyl (C=O) groups is 2. The number of rotatable bonds is 5. The third kappa shape index (κ3) is 4.24. The summed E-state index contributed by atoms with van der Waals surface area (Å²) in [5.74, 6) is -0.352. The lowest BCUT2D eigenvalue weighted by atomic mass is 9.77. The van der Waals surface area contributed by atoms with Gasteiger partial charge in [-0.15, -0.1) is 0 Å². The highest BCUT2D eigenvalue weighted by Gasteiger charge is 2.40. The quantitative estimate of drug-likeness (QED) is 0.810. The first-order valence-corrected chi connectivity index (χ1v) is 8.15. The lowest BCUT2D eigenvalue weighted by Crippen LogP contribution is -2.35. The minimum atomic E-state index is -0.916.